The maximum atomic E-state index is 11.2. The number of ether oxygens (including phenoxy) is 1. The molecular weight excluding hydrogens is 235 g/mol. The van der Waals surface area contributed by atoms with E-state index in [9.17, 15) is 5.11 Å². The van der Waals surface area contributed by atoms with E-state index < -0.39 is 0 Å². The molecule has 0 N–H and O–H groups in total. The maximum Gasteiger partial charge on any atom is 1.00 e. The van der Waals surface area contributed by atoms with Crippen molar-refractivity contribution in [2.24, 2.45) is 10.8 Å². The summed E-state index contributed by atoms with van der Waals surface area (Å²) in [5, 5.41) is 11.2. The van der Waals surface area contributed by atoms with Crippen LogP contribution in [0.3, 0.4) is 0 Å². The van der Waals surface area contributed by atoms with Gasteiger partial charge in [-0.25, -0.2) is 0 Å². The molecule has 98 valence electrons. The van der Waals surface area contributed by atoms with Crippen LogP contribution in [0.4, 0.5) is 0 Å². The molecule has 0 fully saturated rings. The molecule has 2 nitrogen and oxygen atoms in total. The standard InChI is InChI=1S/C15H26O2.Na/c1-8-17-13(16)11-9-10-12(14(2,3)4)15(5,6)7;/h9,11,16H,8H2,1-7H3;/q;+1/p-1/b13-11+;. The molecule has 0 aliphatic heterocycles. The van der Waals surface area contributed by atoms with E-state index in [1.807, 2.05) is 0 Å². The van der Waals surface area contributed by atoms with E-state index >= 15 is 0 Å². The number of rotatable bonds is 3. The fourth-order valence-corrected chi connectivity index (χ4v) is 1.94. The van der Waals surface area contributed by atoms with Crippen molar-refractivity contribution in [3.63, 3.8) is 0 Å². The molecule has 0 aromatic rings. The molecule has 0 saturated carbocycles. The van der Waals surface area contributed by atoms with Crippen LogP contribution in [-0.4, -0.2) is 6.61 Å². The normalized spacial score (nSPS) is 12.3. The van der Waals surface area contributed by atoms with Crippen LogP contribution in [0.1, 0.15) is 48.5 Å². The second kappa shape index (κ2) is 8.12. The monoisotopic (exact) mass is 260 g/mol. The Bertz CT molecular complexity index is 318. The zero-order valence-electron chi connectivity index (χ0n) is 13.2. The van der Waals surface area contributed by atoms with Gasteiger partial charge >= 0.3 is 29.6 Å². The Hall–Kier alpha value is -0.140. The zero-order valence-corrected chi connectivity index (χ0v) is 15.2. The second-order valence-electron chi connectivity index (χ2n) is 6.10. The number of allylic oxidation sites excluding steroid dienone is 2. The first kappa shape index (κ1) is 20.2. The third-order valence-electron chi connectivity index (χ3n) is 2.23. The third kappa shape index (κ3) is 8.05. The van der Waals surface area contributed by atoms with Gasteiger partial charge in [-0.2, -0.15) is 0 Å². The van der Waals surface area contributed by atoms with Gasteiger partial charge in [-0.05, 0) is 35.2 Å². The molecule has 0 aliphatic carbocycles. The summed E-state index contributed by atoms with van der Waals surface area (Å²) in [7, 11) is 0. The SMILES string of the molecule is CCO/C([O-])=C/C=C=C(C(C)(C)C)C(C)(C)C.[Na+]. The van der Waals surface area contributed by atoms with Crippen molar-refractivity contribution in [2.45, 2.75) is 48.5 Å². The average molecular weight is 260 g/mol. The van der Waals surface area contributed by atoms with Crippen LogP contribution < -0.4 is 34.7 Å². The molecule has 0 saturated heterocycles. The van der Waals surface area contributed by atoms with Crippen molar-refractivity contribution in [1.82, 2.24) is 0 Å². The summed E-state index contributed by atoms with van der Waals surface area (Å²) in [6, 6.07) is 0. The van der Waals surface area contributed by atoms with Gasteiger partial charge in [-0.3, -0.25) is 0 Å². The van der Waals surface area contributed by atoms with E-state index in [0.717, 1.165) is 0 Å². The summed E-state index contributed by atoms with van der Waals surface area (Å²) in [6.07, 6.45) is 3.07. The van der Waals surface area contributed by atoms with Crippen LogP contribution in [0.25, 0.3) is 0 Å². The number of hydrogen-bond acceptors (Lipinski definition) is 2. The summed E-state index contributed by atoms with van der Waals surface area (Å²) in [6.45, 7) is 15.1. The number of hydrogen-bond donors (Lipinski definition) is 0. The minimum atomic E-state index is -0.317. The molecule has 0 aromatic carbocycles. The van der Waals surface area contributed by atoms with Gasteiger partial charge in [0.2, 0.25) is 0 Å². The van der Waals surface area contributed by atoms with Crippen LogP contribution in [0.2, 0.25) is 0 Å². The topological polar surface area (TPSA) is 32.3 Å². The molecule has 0 aliphatic rings. The molecule has 0 bridgehead atoms. The van der Waals surface area contributed by atoms with Crippen molar-refractivity contribution in [2.75, 3.05) is 6.61 Å². The van der Waals surface area contributed by atoms with Crippen molar-refractivity contribution >= 4 is 0 Å². The first-order valence-electron chi connectivity index (χ1n) is 6.06. The van der Waals surface area contributed by atoms with Crippen molar-refractivity contribution in [3.8, 4) is 0 Å². The third-order valence-corrected chi connectivity index (χ3v) is 2.23. The van der Waals surface area contributed by atoms with Crippen LogP contribution in [0, 0.1) is 10.8 Å². The van der Waals surface area contributed by atoms with Crippen LogP contribution in [0.15, 0.2) is 29.4 Å². The minimum Gasteiger partial charge on any atom is -0.614 e. The Balaban J connectivity index is 0. The van der Waals surface area contributed by atoms with Gasteiger partial charge in [0.25, 0.3) is 0 Å². The summed E-state index contributed by atoms with van der Waals surface area (Å²) >= 11 is 0. The molecule has 18 heavy (non-hydrogen) atoms. The molecule has 0 rings (SSSR count). The smallest absolute Gasteiger partial charge is 0.614 e. The van der Waals surface area contributed by atoms with Crippen molar-refractivity contribution in [1.29, 1.82) is 0 Å². The molecule has 0 radical (unpaired) electrons. The van der Waals surface area contributed by atoms with Crippen LogP contribution >= 0.6 is 0 Å². The predicted molar refractivity (Wildman–Crippen MR) is 70.2 cm³/mol. The Kier molecular flexibility index (Phi) is 9.10. The van der Waals surface area contributed by atoms with E-state index in [0.29, 0.717) is 6.61 Å². The fourth-order valence-electron chi connectivity index (χ4n) is 1.94. The molecule has 3 heteroatoms. The summed E-state index contributed by atoms with van der Waals surface area (Å²) in [4.78, 5) is 0. The van der Waals surface area contributed by atoms with Gasteiger partial charge in [0.05, 0.1) is 5.95 Å². The molecule has 0 aromatic heterocycles. The van der Waals surface area contributed by atoms with Gasteiger partial charge in [0, 0.05) is 0 Å². The first-order chi connectivity index (χ1) is 7.59. The van der Waals surface area contributed by atoms with E-state index in [1.54, 1.807) is 13.0 Å². The molecule has 0 heterocycles. The van der Waals surface area contributed by atoms with E-state index in [-0.39, 0.29) is 46.3 Å². The Morgan fingerprint density at radius 1 is 1.11 bits per heavy atom. The molecule has 0 spiro atoms. The summed E-state index contributed by atoms with van der Waals surface area (Å²) in [5.41, 5.74) is 4.49. The van der Waals surface area contributed by atoms with E-state index in [2.05, 4.69) is 47.3 Å². The second-order valence-corrected chi connectivity index (χ2v) is 6.10. The predicted octanol–water partition coefficient (Wildman–Crippen LogP) is 0.402. The average Bonchev–Trinajstić information content (AvgIpc) is 2.08. The van der Waals surface area contributed by atoms with Crippen molar-refractivity contribution in [3.05, 3.63) is 29.4 Å². The van der Waals surface area contributed by atoms with Crippen molar-refractivity contribution < 1.29 is 39.4 Å². The van der Waals surface area contributed by atoms with Gasteiger partial charge in [-0.1, -0.05) is 48.5 Å². The molecule has 0 atom stereocenters. The quantitative estimate of drug-likeness (QED) is 0.318. The molecular formula is C15H25NaO2. The molecule has 0 unspecified atom stereocenters. The largest absolute Gasteiger partial charge is 1.00 e. The van der Waals surface area contributed by atoms with Gasteiger partial charge in [-0.15, -0.1) is 5.73 Å². The van der Waals surface area contributed by atoms with Gasteiger partial charge in [0.1, 0.15) is 0 Å². The summed E-state index contributed by atoms with van der Waals surface area (Å²) < 4.78 is 4.82. The summed E-state index contributed by atoms with van der Waals surface area (Å²) in [5.74, 6) is -0.317. The van der Waals surface area contributed by atoms with Gasteiger partial charge in [0.15, 0.2) is 0 Å². The van der Waals surface area contributed by atoms with Crippen LogP contribution in [-0.2, 0) is 4.74 Å². The van der Waals surface area contributed by atoms with E-state index in [4.69, 9.17) is 4.74 Å². The Morgan fingerprint density at radius 3 is 1.89 bits per heavy atom. The first-order valence-corrected chi connectivity index (χ1v) is 6.06. The van der Waals surface area contributed by atoms with E-state index in [1.165, 1.54) is 11.6 Å². The van der Waals surface area contributed by atoms with Gasteiger partial charge < -0.3 is 9.84 Å². The van der Waals surface area contributed by atoms with Crippen LogP contribution in [0.5, 0.6) is 0 Å². The minimum absolute atomic E-state index is 0. The Morgan fingerprint density at radius 2 is 1.56 bits per heavy atom. The molecule has 0 amide bonds. The zero-order chi connectivity index (χ0) is 13.7. The Labute approximate surface area is 134 Å². The maximum absolute atomic E-state index is 11.2. The fraction of sp³-hybridized carbons (Fsp3) is 0.667.